The van der Waals surface area contributed by atoms with E-state index in [9.17, 15) is 13.2 Å². The van der Waals surface area contributed by atoms with Crippen molar-refractivity contribution in [1.29, 1.82) is 0 Å². The zero-order chi connectivity index (χ0) is 20.0. The zero-order valence-corrected chi connectivity index (χ0v) is 16.6. The molecule has 0 fully saturated rings. The number of carbonyl (C=O) groups excluding carboxylic acids is 1. The van der Waals surface area contributed by atoms with Gasteiger partial charge in [-0.3, -0.25) is 10.0 Å². The van der Waals surface area contributed by atoms with Gasteiger partial charge in [0.05, 0.1) is 29.5 Å². The van der Waals surface area contributed by atoms with Gasteiger partial charge in [-0.05, 0) is 63.1 Å². The van der Waals surface area contributed by atoms with E-state index >= 15 is 0 Å². The van der Waals surface area contributed by atoms with Crippen molar-refractivity contribution in [3.8, 4) is 5.75 Å². The number of benzene rings is 2. The predicted molar refractivity (Wildman–Crippen MR) is 105 cm³/mol. The molecule has 2 rings (SSSR count). The van der Waals surface area contributed by atoms with Gasteiger partial charge in [0.2, 0.25) is 0 Å². The number of hydrogen-bond donors (Lipinski definition) is 2. The normalized spacial score (nSPS) is 11.0. The van der Waals surface area contributed by atoms with Crippen molar-refractivity contribution < 1.29 is 22.7 Å². The van der Waals surface area contributed by atoms with Gasteiger partial charge in [-0.15, -0.1) is 0 Å². The second kappa shape index (κ2) is 8.77. The molecule has 2 N–H and O–H groups in total. The molecule has 0 spiro atoms. The van der Waals surface area contributed by atoms with Crippen LogP contribution in [-0.2, 0) is 14.8 Å². The van der Waals surface area contributed by atoms with Crippen molar-refractivity contribution in [2.24, 2.45) is 0 Å². The first-order valence-electron chi connectivity index (χ1n) is 8.57. The second-order valence-electron chi connectivity index (χ2n) is 5.86. The van der Waals surface area contributed by atoms with Crippen molar-refractivity contribution in [2.45, 2.75) is 32.6 Å². The topological polar surface area (TPSA) is 93.7 Å². The van der Waals surface area contributed by atoms with E-state index in [0.717, 1.165) is 11.1 Å². The van der Waals surface area contributed by atoms with E-state index in [-0.39, 0.29) is 17.2 Å². The highest BCUT2D eigenvalue weighted by Crippen LogP contribution is 2.29. The number of sulfonamides is 1. The lowest BCUT2D eigenvalue weighted by atomic mass is 10.1. The van der Waals surface area contributed by atoms with Gasteiger partial charge in [0, 0.05) is 0 Å². The molecule has 2 aromatic carbocycles. The largest absolute Gasteiger partial charge is 0.492 e. The number of amides is 1. The molecule has 0 aliphatic rings. The molecule has 0 heterocycles. The molecule has 0 aromatic heterocycles. The summed E-state index contributed by atoms with van der Waals surface area (Å²) in [6, 6.07) is 9.79. The summed E-state index contributed by atoms with van der Waals surface area (Å²) >= 11 is 0. The van der Waals surface area contributed by atoms with Crippen LogP contribution in [0.5, 0.6) is 5.75 Å². The van der Waals surface area contributed by atoms with Gasteiger partial charge in [-0.1, -0.05) is 12.1 Å². The maximum atomic E-state index is 12.8. The molecule has 0 aliphatic carbocycles. The first-order chi connectivity index (χ1) is 12.8. The fourth-order valence-electron chi connectivity index (χ4n) is 2.38. The molecule has 1 amide bonds. The lowest BCUT2D eigenvalue weighted by Gasteiger charge is -2.15. The summed E-state index contributed by atoms with van der Waals surface area (Å²) in [6.07, 6.45) is -0.685. The van der Waals surface area contributed by atoms with Gasteiger partial charge in [-0.25, -0.2) is 13.2 Å². The average molecular weight is 392 g/mol. The Morgan fingerprint density at radius 1 is 1.00 bits per heavy atom. The van der Waals surface area contributed by atoms with Crippen LogP contribution in [0.2, 0.25) is 0 Å². The highest BCUT2D eigenvalue weighted by atomic mass is 32.2. The van der Waals surface area contributed by atoms with Gasteiger partial charge in [-0.2, -0.15) is 0 Å². The molecule has 8 heteroatoms. The smallest absolute Gasteiger partial charge is 0.411 e. The Labute approximate surface area is 159 Å². The average Bonchev–Trinajstić information content (AvgIpc) is 2.59. The highest BCUT2D eigenvalue weighted by Gasteiger charge is 2.19. The number of aryl methyl sites for hydroxylation is 2. The third-order valence-electron chi connectivity index (χ3n) is 3.71. The minimum atomic E-state index is -3.85. The first kappa shape index (κ1) is 20.6. The summed E-state index contributed by atoms with van der Waals surface area (Å²) in [4.78, 5) is 11.7. The molecule has 0 radical (unpaired) electrons. The van der Waals surface area contributed by atoms with Crippen LogP contribution in [-0.4, -0.2) is 27.7 Å². The van der Waals surface area contributed by atoms with Crippen molar-refractivity contribution in [2.75, 3.05) is 23.3 Å². The third kappa shape index (κ3) is 5.37. The van der Waals surface area contributed by atoms with E-state index in [1.54, 1.807) is 19.9 Å². The SMILES string of the molecule is CCOC(=O)Nc1cc(S(=O)(=O)Nc2cc(C)ccc2C)ccc1OCC. The number of ether oxygens (including phenoxy) is 2. The summed E-state index contributed by atoms with van der Waals surface area (Å²) in [6.45, 7) is 7.74. The molecule has 2 aromatic rings. The molecular formula is C19H24N2O5S. The van der Waals surface area contributed by atoms with Gasteiger partial charge < -0.3 is 9.47 Å². The van der Waals surface area contributed by atoms with Gasteiger partial charge in [0.1, 0.15) is 5.75 Å². The predicted octanol–water partition coefficient (Wildman–Crippen LogP) is 4.07. The van der Waals surface area contributed by atoms with Crippen LogP contribution in [0.15, 0.2) is 41.3 Å². The summed E-state index contributed by atoms with van der Waals surface area (Å²) in [5.74, 6) is 0.358. The Morgan fingerprint density at radius 2 is 1.74 bits per heavy atom. The summed E-state index contributed by atoms with van der Waals surface area (Å²) < 4.78 is 38.5. The monoisotopic (exact) mass is 392 g/mol. The third-order valence-corrected chi connectivity index (χ3v) is 5.07. The molecule has 7 nitrogen and oxygen atoms in total. The van der Waals surface area contributed by atoms with Crippen LogP contribution in [0.4, 0.5) is 16.2 Å². The summed E-state index contributed by atoms with van der Waals surface area (Å²) in [5, 5.41) is 2.51. The van der Waals surface area contributed by atoms with Crippen LogP contribution in [0.25, 0.3) is 0 Å². The van der Waals surface area contributed by atoms with E-state index in [0.29, 0.717) is 18.0 Å². The molecule has 0 atom stereocenters. The van der Waals surface area contributed by atoms with Gasteiger partial charge in [0.25, 0.3) is 10.0 Å². The Hall–Kier alpha value is -2.74. The molecule has 0 saturated carbocycles. The lowest BCUT2D eigenvalue weighted by Crippen LogP contribution is -2.17. The first-order valence-corrected chi connectivity index (χ1v) is 10.1. The Bertz CT molecular complexity index is 926. The minimum Gasteiger partial charge on any atom is -0.492 e. The second-order valence-corrected chi connectivity index (χ2v) is 7.54. The molecule has 0 aliphatic heterocycles. The summed E-state index contributed by atoms with van der Waals surface area (Å²) in [7, 11) is -3.85. The number of anilines is 2. The number of rotatable bonds is 7. The Kier molecular flexibility index (Phi) is 6.68. The molecule has 0 unspecified atom stereocenters. The molecule has 0 bridgehead atoms. The fourth-order valence-corrected chi connectivity index (χ4v) is 3.53. The van der Waals surface area contributed by atoms with Crippen molar-refractivity contribution in [3.63, 3.8) is 0 Å². The Balaban J connectivity index is 2.38. The van der Waals surface area contributed by atoms with Crippen molar-refractivity contribution in [1.82, 2.24) is 0 Å². The zero-order valence-electron chi connectivity index (χ0n) is 15.8. The highest BCUT2D eigenvalue weighted by molar-refractivity contribution is 7.92. The van der Waals surface area contributed by atoms with Crippen LogP contribution in [0.3, 0.4) is 0 Å². The van der Waals surface area contributed by atoms with E-state index in [1.807, 2.05) is 26.0 Å². The quantitative estimate of drug-likeness (QED) is 0.741. The van der Waals surface area contributed by atoms with Crippen LogP contribution in [0, 0.1) is 13.8 Å². The van der Waals surface area contributed by atoms with Crippen LogP contribution in [0.1, 0.15) is 25.0 Å². The Morgan fingerprint density at radius 3 is 2.41 bits per heavy atom. The maximum Gasteiger partial charge on any atom is 0.411 e. The van der Waals surface area contributed by atoms with Crippen molar-refractivity contribution >= 4 is 27.5 Å². The standard InChI is InChI=1S/C19H24N2O5S/c1-5-25-18-10-9-15(12-17(18)20-19(22)26-6-2)27(23,24)21-16-11-13(3)7-8-14(16)4/h7-12,21H,5-6H2,1-4H3,(H,20,22). The maximum absolute atomic E-state index is 12.8. The molecule has 0 saturated heterocycles. The fraction of sp³-hybridized carbons (Fsp3) is 0.316. The summed E-state index contributed by atoms with van der Waals surface area (Å²) in [5.41, 5.74) is 2.47. The number of hydrogen-bond acceptors (Lipinski definition) is 5. The lowest BCUT2D eigenvalue weighted by molar-refractivity contribution is 0.167. The van der Waals surface area contributed by atoms with E-state index < -0.39 is 16.1 Å². The minimum absolute atomic E-state index is 0.00124. The molecule has 146 valence electrons. The van der Waals surface area contributed by atoms with E-state index in [1.165, 1.54) is 18.2 Å². The van der Waals surface area contributed by atoms with E-state index in [4.69, 9.17) is 9.47 Å². The van der Waals surface area contributed by atoms with Crippen molar-refractivity contribution in [3.05, 3.63) is 47.5 Å². The van der Waals surface area contributed by atoms with Crippen LogP contribution >= 0.6 is 0 Å². The van der Waals surface area contributed by atoms with Gasteiger partial charge in [0.15, 0.2) is 0 Å². The molecular weight excluding hydrogens is 368 g/mol. The van der Waals surface area contributed by atoms with E-state index in [2.05, 4.69) is 10.0 Å². The number of nitrogens with one attached hydrogen (secondary N) is 2. The number of carbonyl (C=O) groups is 1. The molecule has 27 heavy (non-hydrogen) atoms. The van der Waals surface area contributed by atoms with Crippen LogP contribution < -0.4 is 14.8 Å². The van der Waals surface area contributed by atoms with Gasteiger partial charge >= 0.3 is 6.09 Å².